The van der Waals surface area contributed by atoms with Gasteiger partial charge in [-0.2, -0.15) is 13.2 Å². The monoisotopic (exact) mass is 254 g/mol. The van der Waals surface area contributed by atoms with E-state index >= 15 is 0 Å². The van der Waals surface area contributed by atoms with Crippen molar-refractivity contribution in [2.75, 3.05) is 5.73 Å². The minimum Gasteiger partial charge on any atom is -0.383 e. The molecule has 0 spiro atoms. The molecule has 0 aliphatic rings. The number of aryl methyl sites for hydroxylation is 1. The zero-order chi connectivity index (χ0) is 10.2. The second-order valence-electron chi connectivity index (χ2n) is 2.49. The molecule has 0 aromatic carbocycles. The van der Waals surface area contributed by atoms with Crippen LogP contribution in [0.15, 0.2) is 10.5 Å². The minimum absolute atomic E-state index is 0.0606. The maximum absolute atomic E-state index is 12.3. The highest BCUT2D eigenvalue weighted by atomic mass is 79.9. The minimum atomic E-state index is -4.38. The van der Waals surface area contributed by atoms with Crippen molar-refractivity contribution in [1.82, 2.24) is 4.98 Å². The van der Waals surface area contributed by atoms with Gasteiger partial charge in [0.15, 0.2) is 0 Å². The Morgan fingerprint density at radius 3 is 2.46 bits per heavy atom. The molecule has 0 fully saturated rings. The van der Waals surface area contributed by atoms with Crippen LogP contribution in [0.25, 0.3) is 0 Å². The number of alkyl halides is 3. The number of anilines is 1. The summed E-state index contributed by atoms with van der Waals surface area (Å²) in [4.78, 5) is 3.55. The molecule has 0 aliphatic heterocycles. The fourth-order valence-electron chi connectivity index (χ4n) is 0.886. The van der Waals surface area contributed by atoms with E-state index in [-0.39, 0.29) is 16.0 Å². The highest BCUT2D eigenvalue weighted by Crippen LogP contribution is 2.34. The van der Waals surface area contributed by atoms with Gasteiger partial charge in [0.2, 0.25) is 0 Å². The van der Waals surface area contributed by atoms with E-state index in [4.69, 9.17) is 5.73 Å². The van der Waals surface area contributed by atoms with E-state index in [1.165, 1.54) is 6.92 Å². The molecule has 2 nitrogen and oxygen atoms in total. The summed E-state index contributed by atoms with van der Waals surface area (Å²) in [5.41, 5.74) is 4.42. The van der Waals surface area contributed by atoms with Crippen molar-refractivity contribution in [2.45, 2.75) is 13.1 Å². The quantitative estimate of drug-likeness (QED) is 0.774. The van der Waals surface area contributed by atoms with Crippen molar-refractivity contribution in [2.24, 2.45) is 0 Å². The molecule has 13 heavy (non-hydrogen) atoms. The van der Waals surface area contributed by atoms with E-state index in [2.05, 4.69) is 20.9 Å². The van der Waals surface area contributed by atoms with Gasteiger partial charge in [-0.25, -0.2) is 4.98 Å². The van der Waals surface area contributed by atoms with Crippen molar-refractivity contribution in [3.05, 3.63) is 21.8 Å². The Labute approximate surface area is 81.1 Å². The number of hydrogen-bond acceptors (Lipinski definition) is 2. The molecule has 0 amide bonds. The predicted molar refractivity (Wildman–Crippen MR) is 46.1 cm³/mol. The van der Waals surface area contributed by atoms with Crippen molar-refractivity contribution in [1.29, 1.82) is 0 Å². The van der Waals surface area contributed by atoms with Crippen LogP contribution in [0.2, 0.25) is 0 Å². The van der Waals surface area contributed by atoms with Gasteiger partial charge in [0.1, 0.15) is 5.82 Å². The molecule has 0 radical (unpaired) electrons. The topological polar surface area (TPSA) is 38.9 Å². The number of hydrogen-bond donors (Lipinski definition) is 1. The first-order chi connectivity index (χ1) is 5.82. The van der Waals surface area contributed by atoms with Gasteiger partial charge in [-0.15, -0.1) is 0 Å². The molecule has 0 atom stereocenters. The first kappa shape index (κ1) is 10.3. The van der Waals surface area contributed by atoms with Crippen LogP contribution in [0, 0.1) is 6.92 Å². The summed E-state index contributed by atoms with van der Waals surface area (Å²) in [6.07, 6.45) is -4.38. The number of aromatic nitrogens is 1. The van der Waals surface area contributed by atoms with Crippen molar-refractivity contribution >= 4 is 21.7 Å². The summed E-state index contributed by atoms with van der Waals surface area (Å²) in [6.45, 7) is 1.27. The molecule has 1 aromatic heterocycles. The number of nitrogen functional groups attached to an aromatic ring is 1. The van der Waals surface area contributed by atoms with Gasteiger partial charge < -0.3 is 5.73 Å². The van der Waals surface area contributed by atoms with Gasteiger partial charge in [0, 0.05) is 0 Å². The van der Waals surface area contributed by atoms with Crippen LogP contribution in [0.4, 0.5) is 19.0 Å². The van der Waals surface area contributed by atoms with Crippen LogP contribution in [-0.4, -0.2) is 4.98 Å². The largest absolute Gasteiger partial charge is 0.418 e. The van der Waals surface area contributed by atoms with E-state index in [0.29, 0.717) is 0 Å². The first-order valence-electron chi connectivity index (χ1n) is 3.32. The van der Waals surface area contributed by atoms with Gasteiger partial charge in [0.25, 0.3) is 0 Å². The smallest absolute Gasteiger partial charge is 0.383 e. The SMILES string of the molecule is Cc1nc(N)c(Br)cc1C(F)(F)F. The molecule has 0 saturated heterocycles. The molecule has 1 heterocycles. The highest BCUT2D eigenvalue weighted by molar-refractivity contribution is 9.10. The lowest BCUT2D eigenvalue weighted by Crippen LogP contribution is -2.10. The van der Waals surface area contributed by atoms with Crippen molar-refractivity contribution in [3.8, 4) is 0 Å². The normalized spacial score (nSPS) is 11.8. The number of halogens is 4. The molecule has 0 bridgehead atoms. The number of pyridine rings is 1. The van der Waals surface area contributed by atoms with E-state index in [9.17, 15) is 13.2 Å². The second-order valence-corrected chi connectivity index (χ2v) is 3.34. The van der Waals surface area contributed by atoms with Crippen LogP contribution >= 0.6 is 15.9 Å². The third-order valence-electron chi connectivity index (χ3n) is 1.50. The molecule has 6 heteroatoms. The summed E-state index contributed by atoms with van der Waals surface area (Å²) in [5.74, 6) is 0.0606. The summed E-state index contributed by atoms with van der Waals surface area (Å²) in [5, 5.41) is 0. The summed E-state index contributed by atoms with van der Waals surface area (Å²) >= 11 is 2.89. The molecule has 0 saturated carbocycles. The highest BCUT2D eigenvalue weighted by Gasteiger charge is 2.33. The molecule has 0 unspecified atom stereocenters. The Bertz CT molecular complexity index is 335. The van der Waals surface area contributed by atoms with E-state index in [1.807, 2.05) is 0 Å². The Kier molecular flexibility index (Phi) is 2.51. The van der Waals surface area contributed by atoms with Crippen LogP contribution in [-0.2, 0) is 6.18 Å². The lowest BCUT2D eigenvalue weighted by molar-refractivity contribution is -0.138. The fraction of sp³-hybridized carbons (Fsp3) is 0.286. The maximum atomic E-state index is 12.3. The van der Waals surface area contributed by atoms with E-state index < -0.39 is 11.7 Å². The third kappa shape index (κ3) is 2.12. The van der Waals surface area contributed by atoms with Gasteiger partial charge >= 0.3 is 6.18 Å². The second kappa shape index (κ2) is 3.17. The summed E-state index contributed by atoms with van der Waals surface area (Å²) in [7, 11) is 0. The molecular formula is C7H6BrF3N2. The van der Waals surface area contributed by atoms with Gasteiger partial charge in [-0.3, -0.25) is 0 Å². The van der Waals surface area contributed by atoms with Gasteiger partial charge in [-0.1, -0.05) is 0 Å². The average Bonchev–Trinajstić information content (AvgIpc) is 1.94. The fourth-order valence-corrected chi connectivity index (χ4v) is 1.20. The standard InChI is InChI=1S/C7H6BrF3N2/c1-3-4(7(9,10)11)2-5(8)6(12)13-3/h2H,1H3,(H2,12,13). The lowest BCUT2D eigenvalue weighted by atomic mass is 10.2. The molecule has 72 valence electrons. The van der Waals surface area contributed by atoms with Gasteiger partial charge in [0.05, 0.1) is 15.7 Å². The average molecular weight is 255 g/mol. The van der Waals surface area contributed by atoms with Crippen molar-refractivity contribution < 1.29 is 13.2 Å². The van der Waals surface area contributed by atoms with Crippen LogP contribution in [0.1, 0.15) is 11.3 Å². The number of nitrogens with zero attached hydrogens (tertiary/aromatic N) is 1. The maximum Gasteiger partial charge on any atom is 0.418 e. The summed E-state index contributed by atoms with van der Waals surface area (Å²) < 4.78 is 36.9. The lowest BCUT2D eigenvalue weighted by Gasteiger charge is -2.10. The Hall–Kier alpha value is -0.780. The first-order valence-corrected chi connectivity index (χ1v) is 4.11. The molecular weight excluding hydrogens is 249 g/mol. The molecule has 1 aromatic rings. The van der Waals surface area contributed by atoms with E-state index in [0.717, 1.165) is 6.07 Å². The van der Waals surface area contributed by atoms with Crippen LogP contribution < -0.4 is 5.73 Å². The third-order valence-corrected chi connectivity index (χ3v) is 2.13. The predicted octanol–water partition coefficient (Wildman–Crippen LogP) is 2.75. The Morgan fingerprint density at radius 1 is 1.46 bits per heavy atom. The molecule has 0 aliphatic carbocycles. The van der Waals surface area contributed by atoms with Crippen molar-refractivity contribution in [3.63, 3.8) is 0 Å². The number of nitrogens with two attached hydrogens (primary N) is 1. The Morgan fingerprint density at radius 2 is 2.00 bits per heavy atom. The van der Waals surface area contributed by atoms with Crippen LogP contribution in [0.5, 0.6) is 0 Å². The molecule has 2 N–H and O–H groups in total. The zero-order valence-electron chi connectivity index (χ0n) is 6.61. The zero-order valence-corrected chi connectivity index (χ0v) is 8.20. The van der Waals surface area contributed by atoms with Gasteiger partial charge in [-0.05, 0) is 28.9 Å². The Balaban J connectivity index is 3.32. The molecule has 1 rings (SSSR count). The summed E-state index contributed by atoms with van der Waals surface area (Å²) in [6, 6.07) is 0.928. The van der Waals surface area contributed by atoms with Crippen LogP contribution in [0.3, 0.4) is 0 Å². The van der Waals surface area contributed by atoms with E-state index in [1.54, 1.807) is 0 Å². The number of rotatable bonds is 0.